The molecule has 5 heteroatoms. The van der Waals surface area contributed by atoms with Crippen molar-refractivity contribution in [2.75, 3.05) is 11.1 Å². The monoisotopic (exact) mass is 277 g/mol. The Kier molecular flexibility index (Phi) is 3.01. The minimum atomic E-state index is -0.936. The smallest absolute Gasteiger partial charge is 0.335 e. The summed E-state index contributed by atoms with van der Waals surface area (Å²) in [5.74, 6) is -0.0941. The molecule has 0 atom stereocenters. The first kappa shape index (κ1) is 12.5. The molecule has 3 rings (SSSR count). The molecule has 2 aliphatic rings. The van der Waals surface area contributed by atoms with Crippen LogP contribution in [0, 0.1) is 5.41 Å². The lowest BCUT2D eigenvalue weighted by Gasteiger charge is -2.24. The number of thioether (sulfide) groups is 1. The lowest BCUT2D eigenvalue weighted by molar-refractivity contribution is -0.124. The quantitative estimate of drug-likeness (QED) is 0.828. The zero-order valence-corrected chi connectivity index (χ0v) is 11.3. The Morgan fingerprint density at radius 3 is 2.74 bits per heavy atom. The van der Waals surface area contributed by atoms with Gasteiger partial charge in [0.1, 0.15) is 0 Å². The summed E-state index contributed by atoms with van der Waals surface area (Å²) in [6, 6.07) is 4.88. The van der Waals surface area contributed by atoms with E-state index in [1.807, 2.05) is 0 Å². The summed E-state index contributed by atoms with van der Waals surface area (Å²) in [6.45, 7) is 0. The van der Waals surface area contributed by atoms with Crippen molar-refractivity contribution in [3.05, 3.63) is 23.8 Å². The number of fused-ring (bicyclic) bond motifs is 1. The first-order valence-electron chi connectivity index (χ1n) is 6.42. The highest BCUT2D eigenvalue weighted by molar-refractivity contribution is 7.99. The highest BCUT2D eigenvalue weighted by Crippen LogP contribution is 2.46. The Hall–Kier alpha value is -1.49. The van der Waals surface area contributed by atoms with Gasteiger partial charge in [-0.3, -0.25) is 4.79 Å². The van der Waals surface area contributed by atoms with Gasteiger partial charge in [0.25, 0.3) is 0 Å². The van der Waals surface area contributed by atoms with Crippen LogP contribution in [-0.2, 0) is 4.79 Å². The minimum absolute atomic E-state index is 0.0966. The van der Waals surface area contributed by atoms with Gasteiger partial charge in [-0.05, 0) is 31.0 Å². The summed E-state index contributed by atoms with van der Waals surface area (Å²) in [7, 11) is 0. The van der Waals surface area contributed by atoms with Crippen LogP contribution in [0.5, 0.6) is 0 Å². The van der Waals surface area contributed by atoms with Crippen LogP contribution in [0.2, 0.25) is 0 Å². The second kappa shape index (κ2) is 4.56. The number of carboxylic acids is 1. The lowest BCUT2D eigenvalue weighted by Crippen LogP contribution is -2.34. The molecule has 1 aliphatic carbocycles. The standard InChI is InChI=1S/C14H15NO3S/c16-12(17)9-3-4-10-11(7-9)19-8-14(13(18)15-10)5-1-2-6-14/h3-4,7H,1-2,5-6,8H2,(H,15,18)(H,16,17). The van der Waals surface area contributed by atoms with Crippen LogP contribution in [0.1, 0.15) is 36.0 Å². The third kappa shape index (κ3) is 2.12. The van der Waals surface area contributed by atoms with Crippen molar-refractivity contribution in [2.45, 2.75) is 30.6 Å². The molecule has 1 fully saturated rings. The largest absolute Gasteiger partial charge is 0.478 e. The molecule has 0 radical (unpaired) electrons. The number of amides is 1. The van der Waals surface area contributed by atoms with Crippen molar-refractivity contribution in [1.29, 1.82) is 0 Å². The van der Waals surface area contributed by atoms with Crippen LogP contribution in [0.15, 0.2) is 23.1 Å². The number of hydrogen-bond acceptors (Lipinski definition) is 3. The Morgan fingerprint density at radius 1 is 1.32 bits per heavy atom. The van der Waals surface area contributed by atoms with E-state index < -0.39 is 5.97 Å². The molecule has 100 valence electrons. The summed E-state index contributed by atoms with van der Waals surface area (Å²) in [4.78, 5) is 24.2. The highest BCUT2D eigenvalue weighted by Gasteiger charge is 2.42. The van der Waals surface area contributed by atoms with E-state index in [1.54, 1.807) is 23.9 Å². The number of carbonyl (C=O) groups excluding carboxylic acids is 1. The van der Waals surface area contributed by atoms with Gasteiger partial charge in [-0.25, -0.2) is 4.79 Å². The average molecular weight is 277 g/mol. The van der Waals surface area contributed by atoms with Gasteiger partial charge in [-0.1, -0.05) is 12.8 Å². The number of anilines is 1. The van der Waals surface area contributed by atoms with Crippen molar-refractivity contribution < 1.29 is 14.7 Å². The number of carbonyl (C=O) groups is 2. The molecule has 0 saturated heterocycles. The SMILES string of the molecule is O=C(O)c1ccc2c(c1)SCC1(CCCC1)C(=O)N2. The van der Waals surface area contributed by atoms with E-state index in [1.165, 1.54) is 6.07 Å². The summed E-state index contributed by atoms with van der Waals surface area (Å²) >= 11 is 1.59. The summed E-state index contributed by atoms with van der Waals surface area (Å²) in [6.07, 6.45) is 4.08. The predicted molar refractivity (Wildman–Crippen MR) is 73.7 cm³/mol. The first-order chi connectivity index (χ1) is 9.11. The topological polar surface area (TPSA) is 66.4 Å². The second-order valence-corrected chi connectivity index (χ2v) is 6.26. The molecular weight excluding hydrogens is 262 g/mol. The molecule has 0 unspecified atom stereocenters. The molecular formula is C14H15NO3S. The first-order valence-corrected chi connectivity index (χ1v) is 7.41. The average Bonchev–Trinajstić information content (AvgIpc) is 2.82. The fraction of sp³-hybridized carbons (Fsp3) is 0.429. The van der Waals surface area contributed by atoms with Gasteiger partial charge < -0.3 is 10.4 Å². The number of nitrogens with one attached hydrogen (secondary N) is 1. The lowest BCUT2D eigenvalue weighted by atomic mass is 9.87. The Morgan fingerprint density at radius 2 is 2.05 bits per heavy atom. The van der Waals surface area contributed by atoms with Gasteiger partial charge in [0.05, 0.1) is 16.7 Å². The molecule has 1 amide bonds. The van der Waals surface area contributed by atoms with Gasteiger partial charge >= 0.3 is 5.97 Å². The van der Waals surface area contributed by atoms with E-state index in [0.29, 0.717) is 0 Å². The van der Waals surface area contributed by atoms with Gasteiger partial charge in [0.15, 0.2) is 0 Å². The summed E-state index contributed by atoms with van der Waals surface area (Å²) in [5.41, 5.74) is 0.749. The van der Waals surface area contributed by atoms with Crippen LogP contribution >= 0.6 is 11.8 Å². The highest BCUT2D eigenvalue weighted by atomic mass is 32.2. The van der Waals surface area contributed by atoms with Crippen LogP contribution in [0.25, 0.3) is 0 Å². The maximum atomic E-state index is 12.4. The van der Waals surface area contributed by atoms with Crippen molar-refractivity contribution in [1.82, 2.24) is 0 Å². The number of aromatic carboxylic acids is 1. The van der Waals surface area contributed by atoms with E-state index in [-0.39, 0.29) is 16.9 Å². The van der Waals surface area contributed by atoms with Crippen LogP contribution in [0.3, 0.4) is 0 Å². The van der Waals surface area contributed by atoms with E-state index >= 15 is 0 Å². The Labute approximate surface area is 115 Å². The maximum Gasteiger partial charge on any atom is 0.335 e. The Bertz CT molecular complexity index is 550. The molecule has 1 spiro atoms. The van der Waals surface area contributed by atoms with Gasteiger partial charge in [-0.15, -0.1) is 11.8 Å². The molecule has 1 aliphatic heterocycles. The molecule has 0 bridgehead atoms. The number of benzene rings is 1. The molecule has 1 aromatic carbocycles. The zero-order chi connectivity index (χ0) is 13.5. The van der Waals surface area contributed by atoms with E-state index in [4.69, 9.17) is 5.11 Å². The van der Waals surface area contributed by atoms with Gasteiger partial charge in [0, 0.05) is 10.6 Å². The van der Waals surface area contributed by atoms with E-state index in [9.17, 15) is 9.59 Å². The molecule has 1 aromatic rings. The molecule has 4 nitrogen and oxygen atoms in total. The molecule has 2 N–H and O–H groups in total. The van der Waals surface area contributed by atoms with Crippen LogP contribution < -0.4 is 5.32 Å². The Balaban J connectivity index is 1.95. The fourth-order valence-electron chi connectivity index (χ4n) is 2.84. The third-order valence-corrected chi connectivity index (χ3v) is 5.37. The van der Waals surface area contributed by atoms with Crippen molar-refractivity contribution in [3.63, 3.8) is 0 Å². The van der Waals surface area contributed by atoms with Crippen molar-refractivity contribution in [3.8, 4) is 0 Å². The van der Waals surface area contributed by atoms with Gasteiger partial charge in [-0.2, -0.15) is 0 Å². The van der Waals surface area contributed by atoms with Crippen LogP contribution in [0.4, 0.5) is 5.69 Å². The molecule has 0 aromatic heterocycles. The van der Waals surface area contributed by atoms with E-state index in [0.717, 1.165) is 42.0 Å². The fourth-order valence-corrected chi connectivity index (χ4v) is 4.17. The summed E-state index contributed by atoms with van der Waals surface area (Å²) < 4.78 is 0. The zero-order valence-electron chi connectivity index (χ0n) is 10.4. The number of carboxylic acid groups (broad SMARTS) is 1. The third-order valence-electron chi connectivity index (χ3n) is 4.02. The molecule has 1 heterocycles. The molecule has 1 saturated carbocycles. The normalized spacial score (nSPS) is 20.7. The minimum Gasteiger partial charge on any atom is -0.478 e. The van der Waals surface area contributed by atoms with Crippen LogP contribution in [-0.4, -0.2) is 22.7 Å². The van der Waals surface area contributed by atoms with Crippen molar-refractivity contribution in [2.24, 2.45) is 5.41 Å². The van der Waals surface area contributed by atoms with E-state index in [2.05, 4.69) is 5.32 Å². The summed E-state index contributed by atoms with van der Waals surface area (Å²) in [5, 5.41) is 12.0. The second-order valence-electron chi connectivity index (χ2n) is 5.25. The predicted octanol–water partition coefficient (Wildman–Crippen LogP) is 2.99. The number of hydrogen-bond donors (Lipinski definition) is 2. The van der Waals surface area contributed by atoms with Crippen molar-refractivity contribution >= 4 is 29.3 Å². The number of rotatable bonds is 1. The van der Waals surface area contributed by atoms with Gasteiger partial charge in [0.2, 0.25) is 5.91 Å². The molecule has 19 heavy (non-hydrogen) atoms. The maximum absolute atomic E-state index is 12.4.